The number of allylic oxidation sites excluding steroid dienone is 3. The van der Waals surface area contributed by atoms with Gasteiger partial charge in [-0.3, -0.25) is 9.69 Å². The molecule has 2 atom stereocenters. The summed E-state index contributed by atoms with van der Waals surface area (Å²) in [6, 6.07) is 8.54. The molecule has 164 valence electrons. The molecular weight excluding hydrogens is 384 g/mol. The zero-order chi connectivity index (χ0) is 21.5. The maximum absolute atomic E-state index is 12.8. The predicted molar refractivity (Wildman–Crippen MR) is 125 cm³/mol. The Morgan fingerprint density at radius 1 is 1.16 bits per heavy atom. The zero-order valence-corrected chi connectivity index (χ0v) is 18.8. The van der Waals surface area contributed by atoms with Gasteiger partial charge in [0.15, 0.2) is 0 Å². The van der Waals surface area contributed by atoms with Crippen molar-refractivity contribution in [3.8, 4) is 0 Å². The highest BCUT2D eigenvalue weighted by molar-refractivity contribution is 6.01. The first-order chi connectivity index (χ1) is 15.1. The van der Waals surface area contributed by atoms with Crippen molar-refractivity contribution in [1.82, 2.24) is 10.2 Å². The molecule has 1 aromatic carbocycles. The van der Waals surface area contributed by atoms with E-state index in [-0.39, 0.29) is 5.91 Å². The monoisotopic (exact) mass is 418 g/mol. The number of para-hydroxylation sites is 1. The summed E-state index contributed by atoms with van der Waals surface area (Å²) in [5.74, 6) is 2.43. The van der Waals surface area contributed by atoms with E-state index in [1.165, 1.54) is 22.5 Å². The van der Waals surface area contributed by atoms with Gasteiger partial charge in [-0.25, -0.2) is 0 Å². The van der Waals surface area contributed by atoms with E-state index in [1.54, 1.807) is 0 Å². The van der Waals surface area contributed by atoms with Crippen LogP contribution in [-0.4, -0.2) is 37.0 Å². The van der Waals surface area contributed by atoms with Crippen LogP contribution in [0.4, 0.5) is 5.69 Å². The molecule has 1 amide bonds. The highest BCUT2D eigenvalue weighted by Gasteiger charge is 2.43. The summed E-state index contributed by atoms with van der Waals surface area (Å²) in [5, 5.41) is 3.57. The quantitative estimate of drug-likeness (QED) is 0.763. The topological polar surface area (TPSA) is 61.6 Å². The number of aryl methyl sites for hydroxylation is 1. The Balaban J connectivity index is 1.72. The van der Waals surface area contributed by atoms with Crippen LogP contribution < -0.4 is 16.0 Å². The Bertz CT molecular complexity index is 977. The molecule has 2 saturated heterocycles. The molecule has 0 spiro atoms. The molecule has 0 unspecified atom stereocenters. The lowest BCUT2D eigenvalue weighted by Crippen LogP contribution is -2.41. The number of amides is 1. The van der Waals surface area contributed by atoms with Gasteiger partial charge in [-0.2, -0.15) is 0 Å². The highest BCUT2D eigenvalue weighted by Crippen LogP contribution is 2.48. The number of benzene rings is 1. The van der Waals surface area contributed by atoms with Crippen molar-refractivity contribution in [2.75, 3.05) is 31.1 Å². The van der Waals surface area contributed by atoms with Gasteiger partial charge in [-0.1, -0.05) is 37.6 Å². The van der Waals surface area contributed by atoms with Crippen LogP contribution in [0.2, 0.25) is 0 Å². The van der Waals surface area contributed by atoms with Crippen LogP contribution in [0.25, 0.3) is 0 Å². The fraction of sp³-hybridized carbons (Fsp3) is 0.500. The fourth-order valence-electron chi connectivity index (χ4n) is 5.95. The summed E-state index contributed by atoms with van der Waals surface area (Å²) in [6.07, 6.45) is 7.28. The summed E-state index contributed by atoms with van der Waals surface area (Å²) in [6.45, 7) is 8.74. The number of hydrogen-bond acceptors (Lipinski definition) is 4. The van der Waals surface area contributed by atoms with E-state index >= 15 is 0 Å². The molecule has 0 bridgehead atoms. The molecule has 4 aliphatic rings. The lowest BCUT2D eigenvalue weighted by Gasteiger charge is -2.41. The van der Waals surface area contributed by atoms with Crippen molar-refractivity contribution in [2.45, 2.75) is 46.0 Å². The Hall–Kier alpha value is -2.53. The predicted octanol–water partition coefficient (Wildman–Crippen LogP) is 3.83. The fourth-order valence-corrected chi connectivity index (χ4v) is 5.95. The highest BCUT2D eigenvalue weighted by atomic mass is 16.1. The Morgan fingerprint density at radius 3 is 2.55 bits per heavy atom. The minimum Gasteiger partial charge on any atom is -0.366 e. The largest absolute Gasteiger partial charge is 0.366 e. The standard InChI is InChI=1S/C26H34N4O/c1-3-4-11-23-24(25(27)31)20-9-7-10-21(20)26(29-15-18-13-28-14-19(18)16-29)30(23)22-12-6-5-8-17(22)2/h5-6,8,11-12,18-19,28H,3-4,7,9-10,13-16H2,1-2H3,(H2,27,31)/b23-11+/t18-,19+. The minimum absolute atomic E-state index is 0.295. The summed E-state index contributed by atoms with van der Waals surface area (Å²) in [4.78, 5) is 17.8. The van der Waals surface area contributed by atoms with Gasteiger partial charge in [-0.15, -0.1) is 0 Å². The van der Waals surface area contributed by atoms with Gasteiger partial charge in [0, 0.05) is 26.2 Å². The number of primary amides is 1. The van der Waals surface area contributed by atoms with Crippen LogP contribution in [0.1, 0.15) is 44.6 Å². The summed E-state index contributed by atoms with van der Waals surface area (Å²) in [7, 11) is 0. The lowest BCUT2D eigenvalue weighted by atomic mass is 9.92. The van der Waals surface area contributed by atoms with Gasteiger partial charge < -0.3 is 16.0 Å². The normalized spacial score (nSPS) is 26.8. The third-order valence-electron chi connectivity index (χ3n) is 7.42. The average Bonchev–Trinajstić information content (AvgIpc) is 3.47. The average molecular weight is 419 g/mol. The number of nitrogens with one attached hydrogen (secondary N) is 1. The number of rotatable bonds is 5. The van der Waals surface area contributed by atoms with Crippen molar-refractivity contribution in [2.24, 2.45) is 17.6 Å². The first-order valence-electron chi connectivity index (χ1n) is 11.9. The van der Waals surface area contributed by atoms with Gasteiger partial charge in [0.2, 0.25) is 0 Å². The SMILES string of the molecule is CCC/C=C1\C(C(N)=O)=C2CCCC2=C(N2C[C@H]3CNC[C@H]3C2)N1c1ccccc1C. The van der Waals surface area contributed by atoms with Crippen LogP contribution in [0.15, 0.2) is 58.6 Å². The van der Waals surface area contributed by atoms with Crippen LogP contribution in [0.5, 0.6) is 0 Å². The van der Waals surface area contributed by atoms with E-state index in [4.69, 9.17) is 5.73 Å². The van der Waals surface area contributed by atoms with Gasteiger partial charge in [0.25, 0.3) is 5.91 Å². The maximum Gasteiger partial charge on any atom is 0.251 e. The second kappa shape index (κ2) is 8.19. The second-order valence-electron chi connectivity index (χ2n) is 9.46. The van der Waals surface area contributed by atoms with Crippen LogP contribution in [0.3, 0.4) is 0 Å². The van der Waals surface area contributed by atoms with E-state index in [1.807, 2.05) is 0 Å². The first-order valence-corrected chi connectivity index (χ1v) is 11.9. The molecule has 0 aromatic heterocycles. The molecule has 3 fully saturated rings. The number of carbonyl (C=O) groups excluding carboxylic acids is 1. The zero-order valence-electron chi connectivity index (χ0n) is 18.8. The Kier molecular flexibility index (Phi) is 5.39. The molecule has 1 aromatic rings. The van der Waals surface area contributed by atoms with E-state index < -0.39 is 0 Å². The van der Waals surface area contributed by atoms with E-state index in [0.29, 0.717) is 11.8 Å². The third kappa shape index (κ3) is 3.39. The van der Waals surface area contributed by atoms with Gasteiger partial charge >= 0.3 is 0 Å². The van der Waals surface area contributed by atoms with Crippen molar-refractivity contribution < 1.29 is 4.79 Å². The van der Waals surface area contributed by atoms with Crippen LogP contribution >= 0.6 is 0 Å². The van der Waals surface area contributed by atoms with Crippen LogP contribution in [0, 0.1) is 18.8 Å². The summed E-state index contributed by atoms with van der Waals surface area (Å²) >= 11 is 0. The van der Waals surface area contributed by atoms with E-state index in [2.05, 4.69) is 59.3 Å². The number of anilines is 1. The molecule has 31 heavy (non-hydrogen) atoms. The molecule has 5 rings (SSSR count). The molecule has 5 heteroatoms. The maximum atomic E-state index is 12.8. The Labute approximate surface area is 185 Å². The van der Waals surface area contributed by atoms with E-state index in [0.717, 1.165) is 75.2 Å². The smallest absolute Gasteiger partial charge is 0.251 e. The van der Waals surface area contributed by atoms with Crippen molar-refractivity contribution in [1.29, 1.82) is 0 Å². The number of unbranched alkanes of at least 4 members (excludes halogenated alkanes) is 1. The van der Waals surface area contributed by atoms with Crippen molar-refractivity contribution in [3.05, 3.63) is 64.1 Å². The molecule has 3 aliphatic heterocycles. The molecule has 0 radical (unpaired) electrons. The van der Waals surface area contributed by atoms with Gasteiger partial charge in [-0.05, 0) is 67.2 Å². The molecule has 1 aliphatic carbocycles. The molecule has 5 nitrogen and oxygen atoms in total. The number of hydrogen-bond donors (Lipinski definition) is 2. The van der Waals surface area contributed by atoms with Crippen molar-refractivity contribution >= 4 is 11.6 Å². The molecular formula is C26H34N4O. The number of fused-ring (bicyclic) bond motifs is 2. The summed E-state index contributed by atoms with van der Waals surface area (Å²) < 4.78 is 0. The van der Waals surface area contributed by atoms with E-state index in [9.17, 15) is 4.79 Å². The second-order valence-corrected chi connectivity index (χ2v) is 9.46. The van der Waals surface area contributed by atoms with Crippen molar-refractivity contribution in [3.63, 3.8) is 0 Å². The number of carbonyl (C=O) groups is 1. The lowest BCUT2D eigenvalue weighted by molar-refractivity contribution is -0.114. The number of nitrogens with two attached hydrogens (primary N) is 1. The molecule has 1 saturated carbocycles. The first kappa shape index (κ1) is 20.4. The van der Waals surface area contributed by atoms with Crippen LogP contribution in [-0.2, 0) is 4.79 Å². The minimum atomic E-state index is -0.295. The molecule has 3 heterocycles. The number of likely N-dealkylation sites (tertiary alicyclic amines) is 1. The summed E-state index contributed by atoms with van der Waals surface area (Å²) in [5.41, 5.74) is 12.7. The number of nitrogens with zero attached hydrogens (tertiary/aromatic N) is 2. The third-order valence-corrected chi connectivity index (χ3v) is 7.42. The van der Waals surface area contributed by atoms with Gasteiger partial charge in [0.05, 0.1) is 17.0 Å². The molecule has 3 N–H and O–H groups in total. The Morgan fingerprint density at radius 2 is 1.87 bits per heavy atom. The van der Waals surface area contributed by atoms with Gasteiger partial charge in [0.1, 0.15) is 5.82 Å².